The van der Waals surface area contributed by atoms with Gasteiger partial charge in [-0.3, -0.25) is 9.69 Å². The van der Waals surface area contributed by atoms with Gasteiger partial charge in [-0.25, -0.2) is 0 Å². The van der Waals surface area contributed by atoms with Crippen LogP contribution in [-0.4, -0.2) is 48.3 Å². The lowest BCUT2D eigenvalue weighted by Crippen LogP contribution is -2.41. The highest BCUT2D eigenvalue weighted by molar-refractivity contribution is 5.70. The molecule has 1 heterocycles. The molecule has 21 heavy (non-hydrogen) atoms. The number of carbonyl (C=O) groups is 1. The molecule has 0 amide bonds. The van der Waals surface area contributed by atoms with Crippen LogP contribution < -0.4 is 10.5 Å². The number of carboxylic acid groups (broad SMARTS) is 1. The number of likely N-dealkylation sites (tertiary alicyclic amines) is 1. The predicted octanol–water partition coefficient (Wildman–Crippen LogP) is 1.42. The number of benzene rings is 1. The number of nitrogens with zero attached hydrogens (tertiary/aromatic N) is 1. The minimum absolute atomic E-state index is 0.0507. The molecule has 5 heteroatoms. The van der Waals surface area contributed by atoms with E-state index in [1.807, 2.05) is 25.1 Å². The van der Waals surface area contributed by atoms with Crippen molar-refractivity contribution in [1.82, 2.24) is 4.90 Å². The first-order valence-corrected chi connectivity index (χ1v) is 7.46. The molecule has 5 nitrogen and oxygen atoms in total. The summed E-state index contributed by atoms with van der Waals surface area (Å²) in [7, 11) is 0. The Balaban J connectivity index is 1.79. The van der Waals surface area contributed by atoms with Gasteiger partial charge in [0, 0.05) is 12.6 Å². The Labute approximate surface area is 125 Å². The molecule has 1 aliphatic heterocycles. The second kappa shape index (κ2) is 7.43. The molecule has 1 aromatic rings. The summed E-state index contributed by atoms with van der Waals surface area (Å²) >= 11 is 0. The summed E-state index contributed by atoms with van der Waals surface area (Å²) in [6.07, 6.45) is 2.17. The quantitative estimate of drug-likeness (QED) is 0.829. The highest BCUT2D eigenvalue weighted by atomic mass is 16.5. The van der Waals surface area contributed by atoms with Gasteiger partial charge < -0.3 is 15.6 Å². The van der Waals surface area contributed by atoms with Crippen molar-refractivity contribution in [1.29, 1.82) is 0 Å². The molecule has 0 spiro atoms. The Bertz CT molecular complexity index is 482. The van der Waals surface area contributed by atoms with Crippen molar-refractivity contribution in [3.05, 3.63) is 29.3 Å². The lowest BCUT2D eigenvalue weighted by atomic mass is 10.1. The topological polar surface area (TPSA) is 75.8 Å². The third-order valence-corrected chi connectivity index (χ3v) is 3.89. The van der Waals surface area contributed by atoms with Crippen molar-refractivity contribution in [3.63, 3.8) is 0 Å². The monoisotopic (exact) mass is 292 g/mol. The van der Waals surface area contributed by atoms with Crippen molar-refractivity contribution in [2.75, 3.05) is 26.2 Å². The molecule has 116 valence electrons. The van der Waals surface area contributed by atoms with Crippen LogP contribution in [0.5, 0.6) is 5.75 Å². The first kappa shape index (κ1) is 15.8. The molecule has 0 unspecified atom stereocenters. The van der Waals surface area contributed by atoms with Crippen LogP contribution in [0, 0.1) is 6.92 Å². The van der Waals surface area contributed by atoms with Gasteiger partial charge in [-0.05, 0) is 50.0 Å². The number of aliphatic carboxylic acids is 1. The molecule has 0 atom stereocenters. The number of carboxylic acids is 1. The standard InChI is InChI=1S/C16H24N2O3/c1-12-10-13(11-16(19)20)2-3-15(12)21-9-8-18-6-4-14(17)5-7-18/h2-3,10,14H,4-9,11,17H2,1H3,(H,19,20). The zero-order valence-corrected chi connectivity index (χ0v) is 12.5. The van der Waals surface area contributed by atoms with E-state index in [4.69, 9.17) is 15.6 Å². The van der Waals surface area contributed by atoms with Gasteiger partial charge in [-0.15, -0.1) is 0 Å². The number of hydrogen-bond acceptors (Lipinski definition) is 4. The largest absolute Gasteiger partial charge is 0.492 e. The second-order valence-electron chi connectivity index (χ2n) is 5.70. The molecule has 0 radical (unpaired) electrons. The Hall–Kier alpha value is -1.59. The minimum Gasteiger partial charge on any atom is -0.492 e. The number of piperidine rings is 1. The first-order chi connectivity index (χ1) is 10.0. The number of ether oxygens (including phenoxy) is 1. The summed E-state index contributed by atoms with van der Waals surface area (Å²) in [6.45, 7) is 5.58. The minimum atomic E-state index is -0.814. The molecular weight excluding hydrogens is 268 g/mol. The molecule has 1 aromatic carbocycles. The molecular formula is C16H24N2O3. The second-order valence-corrected chi connectivity index (χ2v) is 5.70. The number of nitrogens with two attached hydrogens (primary N) is 1. The molecule has 2 rings (SSSR count). The van der Waals surface area contributed by atoms with Crippen LogP contribution in [-0.2, 0) is 11.2 Å². The van der Waals surface area contributed by atoms with E-state index < -0.39 is 5.97 Å². The number of hydrogen-bond donors (Lipinski definition) is 2. The lowest BCUT2D eigenvalue weighted by Gasteiger charge is -2.29. The molecule has 1 aliphatic rings. The van der Waals surface area contributed by atoms with E-state index in [1.54, 1.807) is 0 Å². The van der Waals surface area contributed by atoms with E-state index in [-0.39, 0.29) is 6.42 Å². The van der Waals surface area contributed by atoms with Gasteiger partial charge in [-0.2, -0.15) is 0 Å². The van der Waals surface area contributed by atoms with E-state index in [0.29, 0.717) is 12.6 Å². The first-order valence-electron chi connectivity index (χ1n) is 7.46. The van der Waals surface area contributed by atoms with Crippen LogP contribution in [0.15, 0.2) is 18.2 Å². The van der Waals surface area contributed by atoms with Crippen LogP contribution in [0.25, 0.3) is 0 Å². The van der Waals surface area contributed by atoms with Gasteiger partial charge in [-0.1, -0.05) is 12.1 Å². The average molecular weight is 292 g/mol. The Morgan fingerprint density at radius 1 is 1.43 bits per heavy atom. The molecule has 0 bridgehead atoms. The molecule has 0 aliphatic carbocycles. The van der Waals surface area contributed by atoms with Crippen molar-refractivity contribution in [3.8, 4) is 5.75 Å². The fourth-order valence-corrected chi connectivity index (χ4v) is 2.62. The van der Waals surface area contributed by atoms with Crippen molar-refractivity contribution < 1.29 is 14.6 Å². The molecule has 0 aromatic heterocycles. The highest BCUT2D eigenvalue weighted by Gasteiger charge is 2.15. The summed E-state index contributed by atoms with van der Waals surface area (Å²) < 4.78 is 5.81. The van der Waals surface area contributed by atoms with E-state index in [1.165, 1.54) is 0 Å². The van der Waals surface area contributed by atoms with Gasteiger partial charge in [0.25, 0.3) is 0 Å². The molecule has 1 saturated heterocycles. The Kier molecular flexibility index (Phi) is 5.59. The number of rotatable bonds is 6. The molecule has 3 N–H and O–H groups in total. The van der Waals surface area contributed by atoms with Gasteiger partial charge >= 0.3 is 5.97 Å². The van der Waals surface area contributed by atoms with Gasteiger partial charge in [0.1, 0.15) is 12.4 Å². The van der Waals surface area contributed by atoms with Crippen LogP contribution in [0.4, 0.5) is 0 Å². The Morgan fingerprint density at radius 2 is 2.14 bits per heavy atom. The van der Waals surface area contributed by atoms with Crippen LogP contribution in [0.3, 0.4) is 0 Å². The number of aryl methyl sites for hydroxylation is 1. The Morgan fingerprint density at radius 3 is 2.76 bits per heavy atom. The maximum absolute atomic E-state index is 10.7. The predicted molar refractivity (Wildman–Crippen MR) is 81.7 cm³/mol. The fraction of sp³-hybridized carbons (Fsp3) is 0.562. The van der Waals surface area contributed by atoms with Crippen molar-refractivity contribution in [2.24, 2.45) is 5.73 Å². The van der Waals surface area contributed by atoms with Gasteiger partial charge in [0.05, 0.1) is 6.42 Å². The highest BCUT2D eigenvalue weighted by Crippen LogP contribution is 2.19. The SMILES string of the molecule is Cc1cc(CC(=O)O)ccc1OCCN1CCC(N)CC1. The summed E-state index contributed by atoms with van der Waals surface area (Å²) in [5.41, 5.74) is 7.67. The summed E-state index contributed by atoms with van der Waals surface area (Å²) in [5.74, 6) is 0.0178. The summed E-state index contributed by atoms with van der Waals surface area (Å²) in [6, 6.07) is 5.91. The summed E-state index contributed by atoms with van der Waals surface area (Å²) in [5, 5.41) is 8.79. The third-order valence-electron chi connectivity index (χ3n) is 3.89. The van der Waals surface area contributed by atoms with E-state index in [9.17, 15) is 4.79 Å². The van der Waals surface area contributed by atoms with Crippen LogP contribution >= 0.6 is 0 Å². The van der Waals surface area contributed by atoms with Gasteiger partial charge in [0.2, 0.25) is 0 Å². The lowest BCUT2D eigenvalue weighted by molar-refractivity contribution is -0.136. The normalized spacial score (nSPS) is 16.9. The van der Waals surface area contributed by atoms with E-state index in [0.717, 1.165) is 49.4 Å². The zero-order valence-electron chi connectivity index (χ0n) is 12.5. The zero-order chi connectivity index (χ0) is 15.2. The molecule has 0 saturated carbocycles. The van der Waals surface area contributed by atoms with Gasteiger partial charge in [0.15, 0.2) is 0 Å². The smallest absolute Gasteiger partial charge is 0.307 e. The third kappa shape index (κ3) is 5.02. The maximum atomic E-state index is 10.7. The van der Waals surface area contributed by atoms with Crippen LogP contribution in [0.2, 0.25) is 0 Å². The maximum Gasteiger partial charge on any atom is 0.307 e. The van der Waals surface area contributed by atoms with Crippen molar-refractivity contribution in [2.45, 2.75) is 32.2 Å². The average Bonchev–Trinajstić information content (AvgIpc) is 2.43. The van der Waals surface area contributed by atoms with E-state index in [2.05, 4.69) is 4.90 Å². The van der Waals surface area contributed by atoms with E-state index >= 15 is 0 Å². The van der Waals surface area contributed by atoms with Crippen molar-refractivity contribution >= 4 is 5.97 Å². The van der Waals surface area contributed by atoms with Crippen LogP contribution in [0.1, 0.15) is 24.0 Å². The summed E-state index contributed by atoms with van der Waals surface area (Å²) in [4.78, 5) is 13.1. The molecule has 1 fully saturated rings. The fourth-order valence-electron chi connectivity index (χ4n) is 2.62.